The van der Waals surface area contributed by atoms with Crippen molar-refractivity contribution in [2.45, 2.75) is 37.5 Å². The van der Waals surface area contributed by atoms with Crippen LogP contribution in [0.5, 0.6) is 5.75 Å². The Bertz CT molecular complexity index is 803. The van der Waals surface area contributed by atoms with Gasteiger partial charge in [0, 0.05) is 24.9 Å². The van der Waals surface area contributed by atoms with Gasteiger partial charge in [-0.25, -0.2) is 4.98 Å². The number of ether oxygens (including phenoxy) is 4. The normalized spacial score (nSPS) is 14.1. The number of hydrogen-bond acceptors (Lipinski definition) is 9. The van der Waals surface area contributed by atoms with Gasteiger partial charge in [-0.1, -0.05) is 0 Å². The lowest BCUT2D eigenvalue weighted by atomic mass is 9.74. The maximum atomic E-state index is 13.6. The van der Waals surface area contributed by atoms with Crippen LogP contribution in [0.3, 0.4) is 0 Å². The number of anilines is 1. The Morgan fingerprint density at radius 2 is 1.47 bits per heavy atom. The molecule has 1 aromatic rings. The number of esters is 3. The molecule has 0 spiro atoms. The summed E-state index contributed by atoms with van der Waals surface area (Å²) >= 11 is 0. The summed E-state index contributed by atoms with van der Waals surface area (Å²) in [5, 5.41) is 0. The van der Waals surface area contributed by atoms with Gasteiger partial charge in [0.25, 0.3) is 0 Å². The van der Waals surface area contributed by atoms with Gasteiger partial charge in [0.15, 0.2) is 0 Å². The molecule has 0 N–H and O–H groups in total. The second-order valence-electron chi connectivity index (χ2n) is 6.76. The SMILES string of the molecule is COC(=O)CCN1C(=O)C(CCC(=O)OC)(CCC(=O)OC)c2cc(OC)cnc21. The van der Waals surface area contributed by atoms with Crippen LogP contribution in [0, 0.1) is 0 Å². The minimum Gasteiger partial charge on any atom is -0.495 e. The number of carbonyl (C=O) groups is 4. The quantitative estimate of drug-likeness (QED) is 0.403. The summed E-state index contributed by atoms with van der Waals surface area (Å²) in [6.45, 7) is 0.0516. The van der Waals surface area contributed by atoms with Gasteiger partial charge in [0.2, 0.25) is 5.91 Å². The van der Waals surface area contributed by atoms with Crippen molar-refractivity contribution in [1.82, 2.24) is 4.98 Å². The number of fused-ring (bicyclic) bond motifs is 1. The van der Waals surface area contributed by atoms with Gasteiger partial charge in [-0.05, 0) is 18.9 Å². The molecular weight excluding hydrogens is 396 g/mol. The zero-order valence-electron chi connectivity index (χ0n) is 17.6. The zero-order valence-corrected chi connectivity index (χ0v) is 17.6. The highest BCUT2D eigenvalue weighted by atomic mass is 16.5. The second kappa shape index (κ2) is 10.0. The summed E-state index contributed by atoms with van der Waals surface area (Å²) in [6, 6.07) is 1.67. The third-order valence-corrected chi connectivity index (χ3v) is 5.24. The molecule has 0 saturated heterocycles. The lowest BCUT2D eigenvalue weighted by Gasteiger charge is -2.28. The summed E-state index contributed by atoms with van der Waals surface area (Å²) in [5.41, 5.74) is -0.681. The van der Waals surface area contributed by atoms with Crippen molar-refractivity contribution in [3.63, 3.8) is 0 Å². The molecule has 10 heteroatoms. The number of nitrogens with zero attached hydrogens (tertiary/aromatic N) is 2. The van der Waals surface area contributed by atoms with Crippen molar-refractivity contribution in [3.8, 4) is 5.75 Å². The maximum Gasteiger partial charge on any atom is 0.307 e. The van der Waals surface area contributed by atoms with E-state index in [-0.39, 0.29) is 44.6 Å². The smallest absolute Gasteiger partial charge is 0.307 e. The van der Waals surface area contributed by atoms with Crippen molar-refractivity contribution in [1.29, 1.82) is 0 Å². The first-order chi connectivity index (χ1) is 14.3. The van der Waals surface area contributed by atoms with Crippen LogP contribution in [0.4, 0.5) is 5.82 Å². The number of methoxy groups -OCH3 is 4. The van der Waals surface area contributed by atoms with E-state index in [1.165, 1.54) is 39.5 Å². The minimum atomic E-state index is -1.21. The number of carbonyl (C=O) groups excluding carboxylic acids is 4. The number of hydrogen-bond donors (Lipinski definition) is 0. The molecule has 0 bridgehead atoms. The Morgan fingerprint density at radius 1 is 0.933 bits per heavy atom. The summed E-state index contributed by atoms with van der Waals surface area (Å²) in [4.78, 5) is 54.6. The average Bonchev–Trinajstić information content (AvgIpc) is 3.00. The van der Waals surface area contributed by atoms with E-state index in [9.17, 15) is 19.2 Å². The van der Waals surface area contributed by atoms with Crippen molar-refractivity contribution in [3.05, 3.63) is 17.8 Å². The van der Waals surface area contributed by atoms with Gasteiger partial charge in [0.1, 0.15) is 11.6 Å². The fourth-order valence-corrected chi connectivity index (χ4v) is 3.54. The molecule has 0 radical (unpaired) electrons. The van der Waals surface area contributed by atoms with E-state index in [1.807, 2.05) is 0 Å². The lowest BCUT2D eigenvalue weighted by Crippen LogP contribution is -2.42. The monoisotopic (exact) mass is 422 g/mol. The second-order valence-corrected chi connectivity index (χ2v) is 6.76. The third kappa shape index (κ3) is 4.69. The Balaban J connectivity index is 2.51. The van der Waals surface area contributed by atoms with E-state index >= 15 is 0 Å². The predicted molar refractivity (Wildman–Crippen MR) is 104 cm³/mol. The third-order valence-electron chi connectivity index (χ3n) is 5.24. The summed E-state index contributed by atoms with van der Waals surface area (Å²) in [5.74, 6) is -0.998. The molecule has 0 fully saturated rings. The topological polar surface area (TPSA) is 121 Å². The van der Waals surface area contributed by atoms with E-state index < -0.39 is 23.3 Å². The van der Waals surface area contributed by atoms with Crippen molar-refractivity contribution in [2.24, 2.45) is 0 Å². The molecule has 0 saturated carbocycles. The molecule has 1 aromatic heterocycles. The van der Waals surface area contributed by atoms with E-state index in [2.05, 4.69) is 9.72 Å². The maximum absolute atomic E-state index is 13.6. The molecule has 2 heterocycles. The molecule has 0 aliphatic carbocycles. The predicted octanol–water partition coefficient (Wildman–Crippen LogP) is 1.14. The first-order valence-electron chi connectivity index (χ1n) is 9.40. The van der Waals surface area contributed by atoms with Crippen LogP contribution in [0.25, 0.3) is 0 Å². The molecule has 10 nitrogen and oxygen atoms in total. The first-order valence-corrected chi connectivity index (χ1v) is 9.40. The molecule has 0 unspecified atom stereocenters. The highest BCUT2D eigenvalue weighted by Crippen LogP contribution is 2.48. The molecule has 0 atom stereocenters. The largest absolute Gasteiger partial charge is 0.495 e. The van der Waals surface area contributed by atoms with E-state index in [4.69, 9.17) is 14.2 Å². The lowest BCUT2D eigenvalue weighted by molar-refractivity contribution is -0.142. The number of pyridine rings is 1. The van der Waals surface area contributed by atoms with Gasteiger partial charge in [-0.15, -0.1) is 0 Å². The van der Waals surface area contributed by atoms with E-state index in [0.29, 0.717) is 17.1 Å². The van der Waals surface area contributed by atoms with Crippen LogP contribution in [0.15, 0.2) is 12.3 Å². The minimum absolute atomic E-state index is 0.0283. The Morgan fingerprint density at radius 3 is 1.97 bits per heavy atom. The van der Waals surface area contributed by atoms with Crippen LogP contribution in [-0.2, 0) is 38.8 Å². The van der Waals surface area contributed by atoms with Gasteiger partial charge < -0.3 is 18.9 Å². The molecule has 30 heavy (non-hydrogen) atoms. The van der Waals surface area contributed by atoms with Crippen LogP contribution in [0.1, 0.15) is 37.7 Å². The first kappa shape index (κ1) is 23.1. The van der Waals surface area contributed by atoms with Gasteiger partial charge in [-0.3, -0.25) is 24.1 Å². The number of rotatable bonds is 10. The van der Waals surface area contributed by atoms with Crippen LogP contribution >= 0.6 is 0 Å². The molecule has 0 aromatic carbocycles. The summed E-state index contributed by atoms with van der Waals surface area (Å²) in [6.07, 6.45) is 1.57. The summed E-state index contributed by atoms with van der Waals surface area (Å²) in [7, 11) is 5.27. The highest BCUT2D eigenvalue weighted by molar-refractivity contribution is 6.08. The zero-order chi connectivity index (χ0) is 22.3. The van der Waals surface area contributed by atoms with Crippen molar-refractivity contribution in [2.75, 3.05) is 39.9 Å². The standard InChI is InChI=1S/C20H26N2O8/c1-27-13-11-14-18(21-12-13)22(10-7-17(25)30-4)19(26)20(14,8-5-15(23)28-2)9-6-16(24)29-3/h11-12H,5-10H2,1-4H3. The van der Waals surface area contributed by atoms with E-state index in [1.54, 1.807) is 6.07 Å². The molecule has 1 amide bonds. The van der Waals surface area contributed by atoms with E-state index in [0.717, 1.165) is 0 Å². The molecular formula is C20H26N2O8. The molecule has 1 aliphatic rings. The summed E-state index contributed by atoms with van der Waals surface area (Å²) < 4.78 is 19.4. The number of amides is 1. The van der Waals surface area contributed by atoms with Crippen molar-refractivity contribution < 1.29 is 38.1 Å². The van der Waals surface area contributed by atoms with Crippen LogP contribution < -0.4 is 9.64 Å². The molecule has 2 rings (SSSR count). The fourth-order valence-electron chi connectivity index (χ4n) is 3.54. The molecule has 164 valence electrons. The van der Waals surface area contributed by atoms with Gasteiger partial charge >= 0.3 is 17.9 Å². The van der Waals surface area contributed by atoms with Gasteiger partial charge in [0.05, 0.1) is 46.5 Å². The number of aromatic nitrogens is 1. The Labute approximate surface area is 174 Å². The Kier molecular flexibility index (Phi) is 7.73. The Hall–Kier alpha value is -3.17. The highest BCUT2D eigenvalue weighted by Gasteiger charge is 2.51. The molecule has 1 aliphatic heterocycles. The van der Waals surface area contributed by atoms with Crippen molar-refractivity contribution >= 4 is 29.6 Å². The van der Waals surface area contributed by atoms with Crippen LogP contribution in [0.2, 0.25) is 0 Å². The average molecular weight is 422 g/mol. The van der Waals surface area contributed by atoms with Crippen LogP contribution in [-0.4, -0.2) is 63.8 Å². The van der Waals surface area contributed by atoms with Gasteiger partial charge in [-0.2, -0.15) is 0 Å². The fraction of sp³-hybridized carbons (Fsp3) is 0.550.